The summed E-state index contributed by atoms with van der Waals surface area (Å²) in [5.41, 5.74) is 0.732. The predicted octanol–water partition coefficient (Wildman–Crippen LogP) is 3.67. The summed E-state index contributed by atoms with van der Waals surface area (Å²) in [6, 6.07) is 5.92. The number of amides is 1. The molecule has 0 aromatic carbocycles. The van der Waals surface area contributed by atoms with Gasteiger partial charge in [0.05, 0.1) is 17.8 Å². The topological polar surface area (TPSA) is 62.2 Å². The molecular weight excluding hydrogens is 316 g/mol. The molecule has 0 unspecified atom stereocenters. The number of rotatable bonds is 7. The van der Waals surface area contributed by atoms with E-state index in [0.29, 0.717) is 0 Å². The highest BCUT2D eigenvalue weighted by atomic mass is 32.2. The maximum absolute atomic E-state index is 12.4. The number of aryl methyl sites for hydroxylation is 1. The Hall–Kier alpha value is -1.37. The first kappa shape index (κ1) is 17.0. The smallest absolute Gasteiger partial charge is 0.232 e. The molecule has 22 heavy (non-hydrogen) atoms. The fraction of sp³-hybridized carbons (Fsp3) is 0.375. The van der Waals surface area contributed by atoms with Gasteiger partial charge in [-0.25, -0.2) is 0 Å². The van der Waals surface area contributed by atoms with Crippen LogP contribution in [0.1, 0.15) is 29.0 Å². The Morgan fingerprint density at radius 3 is 2.95 bits per heavy atom. The number of nitrogens with zero attached hydrogens (tertiary/aromatic N) is 1. The van der Waals surface area contributed by atoms with Gasteiger partial charge in [0.2, 0.25) is 5.91 Å². The number of aliphatic hydroxyl groups excluding tert-OH is 1. The van der Waals surface area contributed by atoms with Gasteiger partial charge in [-0.2, -0.15) is 0 Å². The molecule has 0 saturated carbocycles. The van der Waals surface area contributed by atoms with Crippen LogP contribution in [0, 0.1) is 6.92 Å². The second-order valence-electron chi connectivity index (χ2n) is 4.96. The first-order valence-electron chi connectivity index (χ1n) is 7.16. The number of hydrogen-bond donors (Lipinski definition) is 2. The zero-order chi connectivity index (χ0) is 15.9. The van der Waals surface area contributed by atoms with Gasteiger partial charge in [0.1, 0.15) is 0 Å². The first-order valence-corrected chi connectivity index (χ1v) is 8.97. The molecule has 2 heterocycles. The van der Waals surface area contributed by atoms with Crippen LogP contribution < -0.4 is 5.32 Å². The van der Waals surface area contributed by atoms with Crippen LogP contribution in [0.5, 0.6) is 0 Å². The van der Waals surface area contributed by atoms with E-state index in [-0.39, 0.29) is 18.4 Å². The van der Waals surface area contributed by atoms with Crippen molar-refractivity contribution in [3.63, 3.8) is 0 Å². The first-order chi connectivity index (χ1) is 10.6. The molecule has 118 valence electrons. The highest BCUT2D eigenvalue weighted by Gasteiger charge is 2.18. The Balaban J connectivity index is 2.04. The quantitative estimate of drug-likeness (QED) is 0.598. The van der Waals surface area contributed by atoms with Crippen molar-refractivity contribution < 1.29 is 9.90 Å². The molecule has 1 amide bonds. The number of anilines is 1. The minimum Gasteiger partial charge on any atom is -0.396 e. The van der Waals surface area contributed by atoms with E-state index < -0.39 is 0 Å². The van der Waals surface area contributed by atoms with Crippen molar-refractivity contribution in [1.82, 2.24) is 4.98 Å². The van der Waals surface area contributed by atoms with E-state index in [1.807, 2.05) is 32.0 Å². The number of thioether (sulfide) groups is 1. The van der Waals surface area contributed by atoms with Crippen LogP contribution in [0.2, 0.25) is 0 Å². The van der Waals surface area contributed by atoms with Gasteiger partial charge in [0.15, 0.2) is 0 Å². The van der Waals surface area contributed by atoms with E-state index in [1.165, 1.54) is 4.88 Å². The van der Waals surface area contributed by atoms with E-state index in [1.54, 1.807) is 35.5 Å². The Bertz CT molecular complexity index is 628. The van der Waals surface area contributed by atoms with Crippen molar-refractivity contribution in [2.75, 3.05) is 17.7 Å². The highest BCUT2D eigenvalue weighted by molar-refractivity contribution is 7.99. The molecule has 0 radical (unpaired) electrons. The van der Waals surface area contributed by atoms with Gasteiger partial charge in [-0.1, -0.05) is 0 Å². The monoisotopic (exact) mass is 336 g/mol. The zero-order valence-electron chi connectivity index (χ0n) is 12.7. The fourth-order valence-electron chi connectivity index (χ4n) is 1.90. The van der Waals surface area contributed by atoms with Crippen molar-refractivity contribution in [2.24, 2.45) is 0 Å². The van der Waals surface area contributed by atoms with Crippen molar-refractivity contribution in [2.45, 2.75) is 31.1 Å². The van der Waals surface area contributed by atoms with Gasteiger partial charge >= 0.3 is 0 Å². The van der Waals surface area contributed by atoms with Crippen LogP contribution in [0.4, 0.5) is 5.69 Å². The number of pyridine rings is 1. The van der Waals surface area contributed by atoms with Crippen LogP contribution in [-0.2, 0) is 4.79 Å². The summed E-state index contributed by atoms with van der Waals surface area (Å²) in [5, 5.41) is 11.8. The van der Waals surface area contributed by atoms with Crippen LogP contribution in [0.25, 0.3) is 0 Å². The molecule has 2 aromatic rings. The molecule has 6 heteroatoms. The molecule has 4 nitrogen and oxygen atoms in total. The normalized spacial score (nSPS) is 12.1. The Kier molecular flexibility index (Phi) is 6.42. The Morgan fingerprint density at radius 1 is 1.45 bits per heavy atom. The number of aromatic nitrogens is 1. The molecule has 1 atom stereocenters. The molecule has 0 bridgehead atoms. The largest absolute Gasteiger partial charge is 0.396 e. The lowest BCUT2D eigenvalue weighted by molar-refractivity contribution is -0.117. The van der Waals surface area contributed by atoms with Gasteiger partial charge in [-0.15, -0.1) is 23.1 Å². The van der Waals surface area contributed by atoms with E-state index in [9.17, 15) is 4.79 Å². The van der Waals surface area contributed by atoms with Crippen LogP contribution in [-0.4, -0.2) is 28.4 Å². The lowest BCUT2D eigenvalue weighted by atomic mass is 10.1. The average Bonchev–Trinajstić information content (AvgIpc) is 2.95. The average molecular weight is 336 g/mol. The third-order valence-electron chi connectivity index (χ3n) is 3.18. The highest BCUT2D eigenvalue weighted by Crippen LogP contribution is 2.29. The van der Waals surface area contributed by atoms with E-state index >= 15 is 0 Å². The maximum Gasteiger partial charge on any atom is 0.232 e. The van der Waals surface area contributed by atoms with Crippen molar-refractivity contribution in [3.05, 3.63) is 40.3 Å². The standard InChI is InChI=1S/C16H20N2O2S2/c1-11-4-5-14(22-11)12(2)16(20)18-13-10-17-7-6-15(13)21-9-3-8-19/h4-7,10,12,19H,3,8-9H2,1-2H3,(H,18,20)/t12-/m1/s1. The lowest BCUT2D eigenvalue weighted by Gasteiger charge is -2.13. The summed E-state index contributed by atoms with van der Waals surface area (Å²) in [4.78, 5) is 19.8. The van der Waals surface area contributed by atoms with Crippen molar-refractivity contribution in [3.8, 4) is 0 Å². The summed E-state index contributed by atoms with van der Waals surface area (Å²) in [7, 11) is 0. The number of aliphatic hydroxyl groups is 1. The fourth-order valence-corrected chi connectivity index (χ4v) is 3.74. The van der Waals surface area contributed by atoms with Gasteiger partial charge < -0.3 is 10.4 Å². The molecule has 2 aromatic heterocycles. The Labute approximate surface area is 139 Å². The van der Waals surface area contributed by atoms with Gasteiger partial charge in [0.25, 0.3) is 0 Å². The van der Waals surface area contributed by atoms with Crippen LogP contribution >= 0.6 is 23.1 Å². The lowest BCUT2D eigenvalue weighted by Crippen LogP contribution is -2.18. The summed E-state index contributed by atoms with van der Waals surface area (Å²) < 4.78 is 0. The Morgan fingerprint density at radius 2 is 2.27 bits per heavy atom. The number of thiophene rings is 1. The number of carbonyl (C=O) groups is 1. The van der Waals surface area contributed by atoms with Gasteiger partial charge in [-0.3, -0.25) is 9.78 Å². The van der Waals surface area contributed by atoms with E-state index in [0.717, 1.165) is 27.6 Å². The summed E-state index contributed by atoms with van der Waals surface area (Å²) in [6.45, 7) is 4.12. The maximum atomic E-state index is 12.4. The molecule has 0 spiro atoms. The molecule has 0 aliphatic carbocycles. The van der Waals surface area contributed by atoms with Crippen LogP contribution in [0.3, 0.4) is 0 Å². The SMILES string of the molecule is Cc1ccc([C@@H](C)C(=O)Nc2cnccc2SCCCO)s1. The third kappa shape index (κ3) is 4.56. The van der Waals surface area contributed by atoms with Crippen molar-refractivity contribution in [1.29, 1.82) is 0 Å². The van der Waals surface area contributed by atoms with Crippen molar-refractivity contribution >= 4 is 34.7 Å². The second-order valence-corrected chi connectivity index (χ2v) is 7.41. The molecule has 0 aliphatic heterocycles. The second kappa shape index (κ2) is 8.31. The summed E-state index contributed by atoms with van der Waals surface area (Å²) in [5.74, 6) is 0.594. The molecule has 0 aliphatic rings. The minimum atomic E-state index is -0.186. The summed E-state index contributed by atoms with van der Waals surface area (Å²) in [6.07, 6.45) is 4.11. The molecule has 0 saturated heterocycles. The zero-order valence-corrected chi connectivity index (χ0v) is 14.3. The third-order valence-corrected chi connectivity index (χ3v) is 5.52. The minimum absolute atomic E-state index is 0.0288. The summed E-state index contributed by atoms with van der Waals surface area (Å²) >= 11 is 3.26. The molecular formula is C16H20N2O2S2. The number of nitrogens with one attached hydrogen (secondary N) is 1. The molecule has 2 N–H and O–H groups in total. The van der Waals surface area contributed by atoms with Gasteiger partial charge in [-0.05, 0) is 38.5 Å². The van der Waals surface area contributed by atoms with Crippen LogP contribution in [0.15, 0.2) is 35.5 Å². The van der Waals surface area contributed by atoms with Gasteiger partial charge in [0, 0.05) is 33.2 Å². The number of carbonyl (C=O) groups excluding carboxylic acids is 1. The van der Waals surface area contributed by atoms with E-state index in [4.69, 9.17) is 5.11 Å². The van der Waals surface area contributed by atoms with E-state index in [2.05, 4.69) is 10.3 Å². The molecule has 2 rings (SSSR count). The predicted molar refractivity (Wildman–Crippen MR) is 92.8 cm³/mol. The molecule has 0 fully saturated rings. The number of hydrogen-bond acceptors (Lipinski definition) is 5.